The van der Waals surface area contributed by atoms with Crippen LogP contribution in [0.25, 0.3) is 0 Å². The molecule has 0 heterocycles. The second-order valence-corrected chi connectivity index (χ2v) is 10.4. The number of carbonyl (C=O) groups is 3. The Bertz CT molecular complexity index is 1390. The number of halogens is 3. The lowest BCUT2D eigenvalue weighted by Gasteiger charge is -2.19. The predicted molar refractivity (Wildman–Crippen MR) is 169 cm³/mol. The van der Waals surface area contributed by atoms with Gasteiger partial charge in [0.05, 0.1) is 36.3 Å². The molecule has 0 atom stereocenters. The molecule has 0 spiro atoms. The van der Waals surface area contributed by atoms with E-state index in [1.165, 1.54) is 55.0 Å². The average molecular weight is 646 g/mol. The largest absolute Gasteiger partial charge is 0.507 e. The first-order valence-electron chi connectivity index (χ1n) is 12.8. The molecular weight excluding hydrogens is 619 g/mol. The van der Waals surface area contributed by atoms with E-state index in [9.17, 15) is 29.7 Å². The first-order valence-corrected chi connectivity index (χ1v) is 13.9. The molecule has 0 unspecified atom stereocenters. The molecule has 0 aliphatic heterocycles. The molecule has 0 aromatic heterocycles. The Kier molecular flexibility index (Phi) is 12.8. The van der Waals surface area contributed by atoms with Crippen LogP contribution in [-0.2, 0) is 0 Å². The van der Waals surface area contributed by atoms with Gasteiger partial charge in [-0.25, -0.2) is 0 Å². The average Bonchev–Trinajstić information content (AvgIpc) is 2.99. The first-order chi connectivity index (χ1) is 20.7. The predicted octanol–water partition coefficient (Wildman–Crippen LogP) is 5.16. The molecule has 3 aromatic rings. The fourth-order valence-electron chi connectivity index (χ4n) is 3.91. The highest BCUT2D eigenvalue weighted by Gasteiger charge is 2.10. The maximum Gasteiger partial charge on any atom is 0.153 e. The minimum Gasteiger partial charge on any atom is -0.507 e. The smallest absolute Gasteiger partial charge is 0.153 e. The highest BCUT2D eigenvalue weighted by atomic mass is 35.5. The Morgan fingerprint density at radius 1 is 0.512 bits per heavy atom. The lowest BCUT2D eigenvalue weighted by Crippen LogP contribution is -2.31. The maximum absolute atomic E-state index is 11.2. The van der Waals surface area contributed by atoms with Gasteiger partial charge in [0.2, 0.25) is 0 Å². The standard InChI is InChI=1S/C30H27Cl3N4O6/c31-25-7-19(28(41)22(10-25)16-38)13-34-1-4-37(5-2-35-14-20-8-26(32)11-23(17-39)29(20)42)6-3-36-15-21-9-27(33)12-24(18-40)30(21)43/h7-18,41-43H,1-6H2. The summed E-state index contributed by atoms with van der Waals surface area (Å²) in [5.41, 5.74) is 1.10. The van der Waals surface area contributed by atoms with Gasteiger partial charge in [0.15, 0.2) is 18.9 Å². The summed E-state index contributed by atoms with van der Waals surface area (Å²) in [4.78, 5) is 48.5. The van der Waals surface area contributed by atoms with Crippen molar-refractivity contribution >= 4 is 72.3 Å². The lowest BCUT2D eigenvalue weighted by molar-refractivity contribution is 0.111. The van der Waals surface area contributed by atoms with Gasteiger partial charge in [-0.2, -0.15) is 0 Å². The molecule has 13 heteroatoms. The number of aldehydes is 3. The molecule has 0 aliphatic carbocycles. The molecule has 0 amide bonds. The highest BCUT2D eigenvalue weighted by Crippen LogP contribution is 2.26. The molecule has 0 aliphatic rings. The Labute approximate surface area is 262 Å². The van der Waals surface area contributed by atoms with Gasteiger partial charge in [-0.3, -0.25) is 34.3 Å². The van der Waals surface area contributed by atoms with Crippen LogP contribution in [0.15, 0.2) is 51.4 Å². The lowest BCUT2D eigenvalue weighted by atomic mass is 10.1. The van der Waals surface area contributed by atoms with Crippen molar-refractivity contribution in [3.63, 3.8) is 0 Å². The van der Waals surface area contributed by atoms with Crippen LogP contribution < -0.4 is 0 Å². The normalized spacial score (nSPS) is 11.7. The van der Waals surface area contributed by atoms with Crippen LogP contribution in [-0.4, -0.2) is 97.0 Å². The molecular formula is C30H27Cl3N4O6. The van der Waals surface area contributed by atoms with Crippen LogP contribution >= 0.6 is 34.8 Å². The van der Waals surface area contributed by atoms with Crippen LogP contribution in [0.1, 0.15) is 47.8 Å². The van der Waals surface area contributed by atoms with E-state index in [1.54, 1.807) is 0 Å². The summed E-state index contributed by atoms with van der Waals surface area (Å²) in [6.45, 7) is 2.39. The van der Waals surface area contributed by atoms with Crippen LogP contribution in [0.4, 0.5) is 0 Å². The third-order valence-corrected chi connectivity index (χ3v) is 6.76. The van der Waals surface area contributed by atoms with E-state index < -0.39 is 0 Å². The highest BCUT2D eigenvalue weighted by molar-refractivity contribution is 6.32. The number of benzene rings is 3. The van der Waals surface area contributed by atoms with Crippen LogP contribution in [0, 0.1) is 0 Å². The second kappa shape index (κ2) is 16.5. The van der Waals surface area contributed by atoms with E-state index in [1.807, 2.05) is 4.90 Å². The summed E-state index contributed by atoms with van der Waals surface area (Å²) >= 11 is 18.1. The number of rotatable bonds is 15. The van der Waals surface area contributed by atoms with Gasteiger partial charge in [-0.15, -0.1) is 0 Å². The number of phenols is 3. The maximum atomic E-state index is 11.2. The van der Waals surface area contributed by atoms with E-state index in [4.69, 9.17) is 34.8 Å². The van der Waals surface area contributed by atoms with Crippen molar-refractivity contribution in [1.29, 1.82) is 0 Å². The van der Waals surface area contributed by atoms with Crippen LogP contribution in [0.5, 0.6) is 17.2 Å². The van der Waals surface area contributed by atoms with E-state index in [-0.39, 0.29) is 49.0 Å². The van der Waals surface area contributed by atoms with Gasteiger partial charge >= 0.3 is 0 Å². The summed E-state index contributed by atoms with van der Waals surface area (Å²) < 4.78 is 0. The molecule has 0 saturated carbocycles. The van der Waals surface area contributed by atoms with Crippen LogP contribution in [0.2, 0.25) is 15.1 Å². The summed E-state index contributed by atoms with van der Waals surface area (Å²) in [7, 11) is 0. The minimum absolute atomic E-state index is 0.0586. The monoisotopic (exact) mass is 644 g/mol. The quantitative estimate of drug-likeness (QED) is 0.152. The van der Waals surface area contributed by atoms with Gasteiger partial charge in [0.1, 0.15) is 17.2 Å². The van der Waals surface area contributed by atoms with Crippen molar-refractivity contribution in [2.45, 2.75) is 0 Å². The summed E-state index contributed by atoms with van der Waals surface area (Å²) in [6.07, 6.45) is 5.82. The Morgan fingerprint density at radius 2 is 0.767 bits per heavy atom. The number of phenolic OH excluding ortho intramolecular Hbond substituents is 3. The van der Waals surface area contributed by atoms with Gasteiger partial charge in [0, 0.05) is 70.0 Å². The summed E-state index contributed by atoms with van der Waals surface area (Å²) in [6, 6.07) is 8.56. The summed E-state index contributed by atoms with van der Waals surface area (Å²) in [5, 5.41) is 31.5. The van der Waals surface area contributed by atoms with Crippen molar-refractivity contribution in [1.82, 2.24) is 4.90 Å². The van der Waals surface area contributed by atoms with E-state index >= 15 is 0 Å². The molecule has 3 aromatic carbocycles. The summed E-state index contributed by atoms with van der Waals surface area (Å²) in [5.74, 6) is -0.645. The van der Waals surface area contributed by atoms with Gasteiger partial charge in [-0.05, 0) is 36.4 Å². The Balaban J connectivity index is 1.69. The molecule has 0 radical (unpaired) electrons. The minimum atomic E-state index is -0.215. The number of nitrogens with zero attached hydrogens (tertiary/aromatic N) is 4. The number of carbonyl (C=O) groups excluding carboxylic acids is 3. The third kappa shape index (κ3) is 9.72. The van der Waals surface area contributed by atoms with E-state index in [0.29, 0.717) is 74.8 Å². The molecule has 43 heavy (non-hydrogen) atoms. The van der Waals surface area contributed by atoms with Gasteiger partial charge in [0.25, 0.3) is 0 Å². The van der Waals surface area contributed by atoms with Crippen molar-refractivity contribution in [3.8, 4) is 17.2 Å². The molecule has 0 fully saturated rings. The molecule has 3 rings (SSSR count). The second-order valence-electron chi connectivity index (χ2n) is 9.10. The third-order valence-electron chi connectivity index (χ3n) is 6.11. The van der Waals surface area contributed by atoms with E-state index in [2.05, 4.69) is 15.0 Å². The molecule has 3 N–H and O–H groups in total. The van der Waals surface area contributed by atoms with E-state index in [0.717, 1.165) is 0 Å². The van der Waals surface area contributed by atoms with Crippen LogP contribution in [0.3, 0.4) is 0 Å². The fraction of sp³-hybridized carbons (Fsp3) is 0.200. The zero-order valence-electron chi connectivity index (χ0n) is 22.7. The van der Waals surface area contributed by atoms with Crippen molar-refractivity contribution < 1.29 is 29.7 Å². The first kappa shape index (κ1) is 33.4. The number of hydrogen-bond acceptors (Lipinski definition) is 10. The Morgan fingerprint density at radius 3 is 1.02 bits per heavy atom. The fourth-order valence-corrected chi connectivity index (χ4v) is 4.62. The molecule has 0 saturated heterocycles. The molecule has 224 valence electrons. The molecule has 10 nitrogen and oxygen atoms in total. The zero-order chi connectivity index (χ0) is 31.4. The number of hydrogen-bond donors (Lipinski definition) is 3. The number of aliphatic imine (C=N–C) groups is 3. The molecule has 0 bridgehead atoms. The van der Waals surface area contributed by atoms with Gasteiger partial charge < -0.3 is 15.3 Å². The number of aromatic hydroxyl groups is 3. The van der Waals surface area contributed by atoms with Crippen molar-refractivity contribution in [2.24, 2.45) is 15.0 Å². The zero-order valence-corrected chi connectivity index (χ0v) is 24.9. The van der Waals surface area contributed by atoms with Crippen molar-refractivity contribution in [3.05, 3.63) is 84.8 Å². The van der Waals surface area contributed by atoms with Crippen molar-refractivity contribution in [2.75, 3.05) is 39.3 Å². The SMILES string of the molecule is O=Cc1cc(Cl)cc(C=NCCN(CCN=Cc2cc(Cl)cc(C=O)c2O)CCN=Cc2cc(Cl)cc(C=O)c2O)c1O. The van der Waals surface area contributed by atoms with Gasteiger partial charge in [-0.1, -0.05) is 34.8 Å². The Hall–Kier alpha value is -4.09. The topological polar surface area (TPSA) is 152 Å².